The topological polar surface area (TPSA) is 43.1 Å². The number of ketones is 1. The summed E-state index contributed by atoms with van der Waals surface area (Å²) < 4.78 is 0.817. The molecule has 0 fully saturated rings. The van der Waals surface area contributed by atoms with Crippen LogP contribution in [0, 0.1) is 0 Å². The zero-order chi connectivity index (χ0) is 12.6. The summed E-state index contributed by atoms with van der Waals surface area (Å²) >= 11 is 18.8. The average Bonchev–Trinajstić information content (AvgIpc) is 2.57. The van der Waals surface area contributed by atoms with Crippen LogP contribution in [-0.4, -0.2) is 5.78 Å². The van der Waals surface area contributed by atoms with Gasteiger partial charge in [0.25, 0.3) is 0 Å². The third-order valence-electron chi connectivity index (χ3n) is 2.14. The third kappa shape index (κ3) is 2.58. The number of benzene rings is 1. The summed E-state index contributed by atoms with van der Waals surface area (Å²) in [4.78, 5) is 12.2. The Morgan fingerprint density at radius 3 is 2.35 bits per heavy atom. The zero-order valence-corrected chi connectivity index (χ0v) is 11.4. The van der Waals surface area contributed by atoms with Crippen LogP contribution in [0.4, 0.5) is 5.69 Å². The smallest absolute Gasteiger partial charge is 0.196 e. The predicted molar refractivity (Wildman–Crippen MR) is 73.6 cm³/mol. The second-order valence-electron chi connectivity index (χ2n) is 3.31. The number of anilines is 1. The molecule has 1 heterocycles. The number of hydrogen-bond acceptors (Lipinski definition) is 3. The van der Waals surface area contributed by atoms with Crippen LogP contribution in [0.25, 0.3) is 0 Å². The molecule has 0 aliphatic carbocycles. The van der Waals surface area contributed by atoms with Crippen molar-refractivity contribution in [3.63, 3.8) is 0 Å². The maximum Gasteiger partial charge on any atom is 0.196 e. The Morgan fingerprint density at radius 2 is 1.82 bits per heavy atom. The van der Waals surface area contributed by atoms with Gasteiger partial charge in [0.05, 0.1) is 14.9 Å². The van der Waals surface area contributed by atoms with E-state index in [4.69, 9.17) is 40.5 Å². The number of halogens is 3. The molecule has 17 heavy (non-hydrogen) atoms. The van der Waals surface area contributed by atoms with Crippen molar-refractivity contribution in [1.82, 2.24) is 0 Å². The number of carbonyl (C=O) groups is 1. The standard InChI is InChI=1S/C11H6Cl3NOS/c12-8-3-5(15)1-2-6(8)10(16)7-4-9(13)17-11(7)14/h1-4H,15H2. The Hall–Kier alpha value is -0.740. The second kappa shape index (κ2) is 4.86. The molecule has 1 aromatic heterocycles. The van der Waals surface area contributed by atoms with Gasteiger partial charge in [-0.2, -0.15) is 0 Å². The molecule has 0 aliphatic heterocycles. The summed E-state index contributed by atoms with van der Waals surface area (Å²) in [7, 11) is 0. The van der Waals surface area contributed by atoms with Crippen molar-refractivity contribution in [2.45, 2.75) is 0 Å². The van der Waals surface area contributed by atoms with E-state index < -0.39 is 0 Å². The summed E-state index contributed by atoms with van der Waals surface area (Å²) in [5.74, 6) is -0.261. The Labute approximate surface area is 117 Å². The molecule has 0 amide bonds. The van der Waals surface area contributed by atoms with E-state index in [2.05, 4.69) is 0 Å². The predicted octanol–water partition coefficient (Wildman–Crippen LogP) is 4.52. The maximum atomic E-state index is 12.2. The van der Waals surface area contributed by atoms with E-state index in [0.717, 1.165) is 11.3 Å². The van der Waals surface area contributed by atoms with E-state index in [1.807, 2.05) is 0 Å². The van der Waals surface area contributed by atoms with Crippen molar-refractivity contribution in [3.8, 4) is 0 Å². The van der Waals surface area contributed by atoms with Gasteiger partial charge in [-0.1, -0.05) is 34.8 Å². The number of nitrogen functional groups attached to an aromatic ring is 1. The van der Waals surface area contributed by atoms with E-state index in [1.165, 1.54) is 12.1 Å². The van der Waals surface area contributed by atoms with Gasteiger partial charge in [-0.25, -0.2) is 0 Å². The molecule has 2 nitrogen and oxygen atoms in total. The van der Waals surface area contributed by atoms with Crippen molar-refractivity contribution < 1.29 is 4.79 Å². The first-order valence-corrected chi connectivity index (χ1v) is 6.48. The fraction of sp³-hybridized carbons (Fsp3) is 0. The summed E-state index contributed by atoms with van der Waals surface area (Å²) in [5.41, 5.74) is 6.77. The fourth-order valence-electron chi connectivity index (χ4n) is 1.36. The number of nitrogens with two attached hydrogens (primary N) is 1. The first-order valence-electron chi connectivity index (χ1n) is 4.53. The molecule has 0 aliphatic rings. The van der Waals surface area contributed by atoms with Crippen LogP contribution in [-0.2, 0) is 0 Å². The van der Waals surface area contributed by atoms with Crippen LogP contribution in [0.2, 0.25) is 13.7 Å². The van der Waals surface area contributed by atoms with Gasteiger partial charge in [-0.05, 0) is 24.3 Å². The monoisotopic (exact) mass is 305 g/mol. The number of carbonyl (C=O) groups excluding carboxylic acids is 1. The van der Waals surface area contributed by atoms with Crippen LogP contribution in [0.5, 0.6) is 0 Å². The molecular weight excluding hydrogens is 301 g/mol. The highest BCUT2D eigenvalue weighted by molar-refractivity contribution is 7.20. The molecular formula is C11H6Cl3NOS. The zero-order valence-electron chi connectivity index (χ0n) is 8.34. The van der Waals surface area contributed by atoms with E-state index in [1.54, 1.807) is 12.1 Å². The van der Waals surface area contributed by atoms with E-state index in [0.29, 0.717) is 30.5 Å². The van der Waals surface area contributed by atoms with Crippen LogP contribution in [0.15, 0.2) is 24.3 Å². The molecule has 2 N–H and O–H groups in total. The van der Waals surface area contributed by atoms with Crippen LogP contribution < -0.4 is 5.73 Å². The van der Waals surface area contributed by atoms with Gasteiger partial charge in [-0.15, -0.1) is 11.3 Å². The minimum Gasteiger partial charge on any atom is -0.399 e. The number of hydrogen-bond donors (Lipinski definition) is 1. The van der Waals surface area contributed by atoms with Crippen molar-refractivity contribution in [2.24, 2.45) is 0 Å². The highest BCUT2D eigenvalue weighted by Crippen LogP contribution is 2.33. The first kappa shape index (κ1) is 12.7. The first-order chi connectivity index (χ1) is 7.99. The van der Waals surface area contributed by atoms with E-state index in [9.17, 15) is 4.79 Å². The molecule has 0 unspecified atom stereocenters. The van der Waals surface area contributed by atoms with E-state index in [-0.39, 0.29) is 5.78 Å². The SMILES string of the molecule is Nc1ccc(C(=O)c2cc(Cl)sc2Cl)c(Cl)c1. The second-order valence-corrected chi connectivity index (χ2v) is 6.00. The van der Waals surface area contributed by atoms with E-state index >= 15 is 0 Å². The Balaban J connectivity index is 2.47. The number of thiophene rings is 1. The van der Waals surface area contributed by atoms with Crippen LogP contribution in [0.3, 0.4) is 0 Å². The molecule has 0 atom stereocenters. The lowest BCUT2D eigenvalue weighted by Gasteiger charge is -2.03. The lowest BCUT2D eigenvalue weighted by molar-refractivity contribution is 0.103. The molecule has 0 saturated heterocycles. The maximum absolute atomic E-state index is 12.2. The van der Waals surface area contributed by atoms with Crippen LogP contribution >= 0.6 is 46.1 Å². The normalized spacial score (nSPS) is 10.5. The van der Waals surface area contributed by atoms with Crippen molar-refractivity contribution >= 4 is 57.6 Å². The Bertz CT molecular complexity index is 594. The number of rotatable bonds is 2. The van der Waals surface area contributed by atoms with Crippen molar-refractivity contribution in [1.29, 1.82) is 0 Å². The third-order valence-corrected chi connectivity index (χ3v) is 3.94. The van der Waals surface area contributed by atoms with Gasteiger partial charge in [-0.3, -0.25) is 4.79 Å². The molecule has 2 rings (SSSR count). The van der Waals surface area contributed by atoms with Crippen LogP contribution in [0.1, 0.15) is 15.9 Å². The Kier molecular flexibility index (Phi) is 3.64. The summed E-state index contributed by atoms with van der Waals surface area (Å²) in [6, 6.07) is 6.24. The van der Waals surface area contributed by atoms with Crippen molar-refractivity contribution in [3.05, 3.63) is 49.1 Å². The molecule has 88 valence electrons. The van der Waals surface area contributed by atoms with Gasteiger partial charge < -0.3 is 5.73 Å². The lowest BCUT2D eigenvalue weighted by Crippen LogP contribution is -2.01. The van der Waals surface area contributed by atoms with Gasteiger partial charge in [0.1, 0.15) is 4.34 Å². The highest BCUT2D eigenvalue weighted by Gasteiger charge is 2.18. The van der Waals surface area contributed by atoms with Gasteiger partial charge in [0.2, 0.25) is 0 Å². The lowest BCUT2D eigenvalue weighted by atomic mass is 10.1. The fourth-order valence-corrected chi connectivity index (χ4v) is 3.09. The van der Waals surface area contributed by atoms with Gasteiger partial charge in [0.15, 0.2) is 5.78 Å². The molecule has 2 aromatic rings. The quantitative estimate of drug-likeness (QED) is 0.654. The molecule has 0 saturated carbocycles. The van der Waals surface area contributed by atoms with Gasteiger partial charge >= 0.3 is 0 Å². The summed E-state index contributed by atoms with van der Waals surface area (Å²) in [6.07, 6.45) is 0. The Morgan fingerprint density at radius 1 is 1.12 bits per heavy atom. The minimum absolute atomic E-state index is 0.261. The summed E-state index contributed by atoms with van der Waals surface area (Å²) in [5, 5.41) is 0.299. The average molecular weight is 307 g/mol. The molecule has 1 aromatic carbocycles. The molecule has 0 radical (unpaired) electrons. The molecule has 0 spiro atoms. The van der Waals surface area contributed by atoms with Crippen molar-refractivity contribution in [2.75, 3.05) is 5.73 Å². The largest absolute Gasteiger partial charge is 0.399 e. The highest BCUT2D eigenvalue weighted by atomic mass is 35.5. The summed E-state index contributed by atoms with van der Waals surface area (Å²) in [6.45, 7) is 0. The molecule has 6 heteroatoms. The molecule has 0 bridgehead atoms. The van der Waals surface area contributed by atoms with Gasteiger partial charge in [0, 0.05) is 11.3 Å². The minimum atomic E-state index is -0.261.